The molecule has 0 aliphatic heterocycles. The molecule has 0 aliphatic carbocycles. The lowest BCUT2D eigenvalue weighted by Crippen LogP contribution is -1.97. The van der Waals surface area contributed by atoms with Crippen molar-refractivity contribution in [1.29, 1.82) is 0 Å². The first kappa shape index (κ1) is 11.5. The van der Waals surface area contributed by atoms with Gasteiger partial charge < -0.3 is 10.2 Å². The molecule has 2 aromatic carbocycles. The summed E-state index contributed by atoms with van der Waals surface area (Å²) in [6, 6.07) is 15.2. The van der Waals surface area contributed by atoms with E-state index in [2.05, 4.69) is 9.97 Å². The summed E-state index contributed by atoms with van der Waals surface area (Å²) in [7, 11) is 0. The Morgan fingerprint density at radius 3 is 2.32 bits per heavy atom. The molecule has 19 heavy (non-hydrogen) atoms. The highest BCUT2D eigenvalue weighted by Gasteiger charge is 2.06. The van der Waals surface area contributed by atoms with E-state index < -0.39 is 0 Å². The van der Waals surface area contributed by atoms with Crippen LogP contribution in [0.1, 0.15) is 11.4 Å². The Morgan fingerprint density at radius 1 is 0.842 bits per heavy atom. The van der Waals surface area contributed by atoms with Gasteiger partial charge in [-0.3, -0.25) is 0 Å². The Labute approximate surface area is 110 Å². The van der Waals surface area contributed by atoms with Crippen molar-refractivity contribution in [2.24, 2.45) is 0 Å². The van der Waals surface area contributed by atoms with Crippen molar-refractivity contribution in [1.82, 2.24) is 9.97 Å². The van der Waals surface area contributed by atoms with E-state index in [1.54, 1.807) is 0 Å². The highest BCUT2D eigenvalue weighted by Crippen LogP contribution is 2.21. The summed E-state index contributed by atoms with van der Waals surface area (Å²) >= 11 is 0. The van der Waals surface area contributed by atoms with E-state index >= 15 is 0 Å². The van der Waals surface area contributed by atoms with Crippen LogP contribution in [0.15, 0.2) is 48.5 Å². The van der Waals surface area contributed by atoms with Crippen LogP contribution in [0.2, 0.25) is 0 Å². The van der Waals surface area contributed by atoms with Crippen molar-refractivity contribution in [2.75, 3.05) is 0 Å². The van der Waals surface area contributed by atoms with E-state index in [4.69, 9.17) is 0 Å². The molecule has 0 aliphatic rings. The molecule has 0 fully saturated rings. The summed E-state index contributed by atoms with van der Waals surface area (Å²) in [6.07, 6.45) is 0.462. The number of hydrogen-bond donors (Lipinski definition) is 2. The molecular weight excluding hydrogens is 240 g/mol. The second-order valence-corrected chi connectivity index (χ2v) is 4.32. The zero-order valence-corrected chi connectivity index (χ0v) is 10.1. The standard InChI is InChI=1S/C15H12N2O2/c18-14-9-15(19)17-13(16-14)8-11-6-3-5-10-4-1-2-7-12(10)11/h1-7,9H,8H2,(H2,16,17,18,19). The Morgan fingerprint density at radius 2 is 1.53 bits per heavy atom. The predicted octanol–water partition coefficient (Wildman–Crippen LogP) is 2.63. The van der Waals surface area contributed by atoms with Gasteiger partial charge in [-0.1, -0.05) is 42.5 Å². The molecule has 0 unspecified atom stereocenters. The van der Waals surface area contributed by atoms with Gasteiger partial charge >= 0.3 is 0 Å². The molecule has 0 atom stereocenters. The van der Waals surface area contributed by atoms with Gasteiger partial charge in [0.15, 0.2) is 0 Å². The second-order valence-electron chi connectivity index (χ2n) is 4.32. The minimum atomic E-state index is -0.220. The lowest BCUT2D eigenvalue weighted by atomic mass is 10.0. The molecule has 0 radical (unpaired) electrons. The number of aromatic nitrogens is 2. The molecular formula is C15H12N2O2. The summed E-state index contributed by atoms with van der Waals surface area (Å²) in [6.45, 7) is 0. The maximum atomic E-state index is 9.37. The van der Waals surface area contributed by atoms with Crippen LogP contribution in [0.25, 0.3) is 10.8 Å². The Kier molecular flexibility index (Phi) is 2.76. The van der Waals surface area contributed by atoms with Gasteiger partial charge in [-0.2, -0.15) is 9.97 Å². The Bertz CT molecular complexity index is 716. The molecule has 4 nitrogen and oxygen atoms in total. The molecule has 0 saturated heterocycles. The zero-order chi connectivity index (χ0) is 13.2. The van der Waals surface area contributed by atoms with Gasteiger partial charge in [0, 0.05) is 6.42 Å². The molecule has 4 heteroatoms. The highest BCUT2D eigenvalue weighted by atomic mass is 16.3. The van der Waals surface area contributed by atoms with Gasteiger partial charge in [-0.05, 0) is 16.3 Å². The molecule has 0 spiro atoms. The van der Waals surface area contributed by atoms with Gasteiger partial charge in [0.1, 0.15) is 5.82 Å². The SMILES string of the molecule is Oc1cc(O)nc(Cc2cccc3ccccc23)n1. The summed E-state index contributed by atoms with van der Waals surface area (Å²) < 4.78 is 0. The fraction of sp³-hybridized carbons (Fsp3) is 0.0667. The van der Waals surface area contributed by atoms with Crippen molar-refractivity contribution in [3.05, 3.63) is 59.9 Å². The molecule has 3 rings (SSSR count). The van der Waals surface area contributed by atoms with Crippen LogP contribution in [0, 0.1) is 0 Å². The third-order valence-electron chi connectivity index (χ3n) is 2.97. The number of benzene rings is 2. The van der Waals surface area contributed by atoms with E-state index in [1.165, 1.54) is 0 Å². The van der Waals surface area contributed by atoms with Gasteiger partial charge in [0.05, 0.1) is 6.07 Å². The third-order valence-corrected chi connectivity index (χ3v) is 2.97. The minimum absolute atomic E-state index is 0.220. The van der Waals surface area contributed by atoms with E-state index in [0.29, 0.717) is 12.2 Å². The van der Waals surface area contributed by atoms with Gasteiger partial charge in [-0.15, -0.1) is 0 Å². The van der Waals surface area contributed by atoms with Crippen LogP contribution in [0.5, 0.6) is 11.8 Å². The summed E-state index contributed by atoms with van der Waals surface area (Å²) in [4.78, 5) is 7.84. The maximum absolute atomic E-state index is 9.37. The van der Waals surface area contributed by atoms with Crippen LogP contribution >= 0.6 is 0 Å². The average Bonchev–Trinajstić information content (AvgIpc) is 2.38. The van der Waals surface area contributed by atoms with Gasteiger partial charge in [0.2, 0.25) is 11.8 Å². The topological polar surface area (TPSA) is 66.2 Å². The molecule has 0 bridgehead atoms. The van der Waals surface area contributed by atoms with Crippen LogP contribution in [-0.2, 0) is 6.42 Å². The number of nitrogens with zero attached hydrogens (tertiary/aromatic N) is 2. The highest BCUT2D eigenvalue weighted by molar-refractivity contribution is 5.85. The number of hydrogen-bond acceptors (Lipinski definition) is 4. The van der Waals surface area contributed by atoms with Crippen molar-refractivity contribution in [2.45, 2.75) is 6.42 Å². The van der Waals surface area contributed by atoms with E-state index in [1.807, 2.05) is 42.5 Å². The fourth-order valence-electron chi connectivity index (χ4n) is 2.17. The maximum Gasteiger partial charge on any atom is 0.217 e. The largest absolute Gasteiger partial charge is 0.493 e. The van der Waals surface area contributed by atoms with Crippen molar-refractivity contribution >= 4 is 10.8 Å². The summed E-state index contributed by atoms with van der Waals surface area (Å²) in [5.41, 5.74) is 1.06. The van der Waals surface area contributed by atoms with Crippen LogP contribution in [0.4, 0.5) is 0 Å². The van der Waals surface area contributed by atoms with Crippen molar-refractivity contribution in [3.63, 3.8) is 0 Å². The Balaban J connectivity index is 2.05. The minimum Gasteiger partial charge on any atom is -0.493 e. The third kappa shape index (κ3) is 2.33. The molecule has 1 aromatic heterocycles. The first-order valence-electron chi connectivity index (χ1n) is 5.95. The number of fused-ring (bicyclic) bond motifs is 1. The zero-order valence-electron chi connectivity index (χ0n) is 10.1. The van der Waals surface area contributed by atoms with Crippen LogP contribution in [-0.4, -0.2) is 20.2 Å². The van der Waals surface area contributed by atoms with Crippen LogP contribution < -0.4 is 0 Å². The second kappa shape index (κ2) is 4.57. The normalized spacial score (nSPS) is 10.7. The predicted molar refractivity (Wildman–Crippen MR) is 72.1 cm³/mol. The average molecular weight is 252 g/mol. The van der Waals surface area contributed by atoms with Gasteiger partial charge in [0.25, 0.3) is 0 Å². The van der Waals surface area contributed by atoms with E-state index in [9.17, 15) is 10.2 Å². The molecule has 2 N–H and O–H groups in total. The lowest BCUT2D eigenvalue weighted by Gasteiger charge is -2.06. The summed E-state index contributed by atoms with van der Waals surface area (Å²) in [5, 5.41) is 21.0. The van der Waals surface area contributed by atoms with E-state index in [-0.39, 0.29) is 11.8 Å². The molecule has 0 saturated carbocycles. The fourth-order valence-corrected chi connectivity index (χ4v) is 2.17. The lowest BCUT2D eigenvalue weighted by molar-refractivity contribution is 0.417. The van der Waals surface area contributed by atoms with Crippen molar-refractivity contribution in [3.8, 4) is 11.8 Å². The first-order chi connectivity index (χ1) is 9.22. The molecule has 1 heterocycles. The van der Waals surface area contributed by atoms with Crippen LogP contribution in [0.3, 0.4) is 0 Å². The number of rotatable bonds is 2. The molecule has 3 aromatic rings. The molecule has 0 amide bonds. The van der Waals surface area contributed by atoms with E-state index in [0.717, 1.165) is 22.4 Å². The van der Waals surface area contributed by atoms with Gasteiger partial charge in [-0.25, -0.2) is 0 Å². The summed E-state index contributed by atoms with van der Waals surface area (Å²) in [5.74, 6) is -0.0423. The smallest absolute Gasteiger partial charge is 0.217 e. The number of aromatic hydroxyl groups is 2. The van der Waals surface area contributed by atoms with Crippen molar-refractivity contribution < 1.29 is 10.2 Å². The first-order valence-corrected chi connectivity index (χ1v) is 5.95. The molecule has 94 valence electrons. The quantitative estimate of drug-likeness (QED) is 0.735. The monoisotopic (exact) mass is 252 g/mol. The Hall–Kier alpha value is -2.62.